The fourth-order valence-corrected chi connectivity index (χ4v) is 3.11. The van der Waals surface area contributed by atoms with E-state index in [4.69, 9.17) is 9.92 Å². The second-order valence-corrected chi connectivity index (χ2v) is 6.22. The van der Waals surface area contributed by atoms with Gasteiger partial charge in [0.1, 0.15) is 0 Å². The van der Waals surface area contributed by atoms with E-state index in [-0.39, 0.29) is 11.9 Å². The highest BCUT2D eigenvalue weighted by Gasteiger charge is 2.23. The van der Waals surface area contributed by atoms with E-state index in [2.05, 4.69) is 6.92 Å². The molecule has 0 rings (SSSR count). The van der Waals surface area contributed by atoms with Gasteiger partial charge in [0.15, 0.2) is 0 Å². The Labute approximate surface area is 106 Å². The predicted molar refractivity (Wildman–Crippen MR) is 71.4 cm³/mol. The quantitative estimate of drug-likeness (QED) is 0.460. The van der Waals surface area contributed by atoms with E-state index in [1.807, 2.05) is 6.92 Å². The van der Waals surface area contributed by atoms with Crippen LogP contribution in [-0.2, 0) is 14.3 Å². The van der Waals surface area contributed by atoms with Crippen molar-refractivity contribution in [1.29, 1.82) is 0 Å². The van der Waals surface area contributed by atoms with Gasteiger partial charge in [-0.1, -0.05) is 39.5 Å². The Kier molecular flexibility index (Phi) is 9.78. The van der Waals surface area contributed by atoms with Crippen LogP contribution in [0, 0.1) is 0 Å². The molecule has 0 amide bonds. The van der Waals surface area contributed by atoms with E-state index in [1.165, 1.54) is 6.42 Å². The zero-order valence-electron chi connectivity index (χ0n) is 11.2. The number of unbranched alkanes of at least 4 members (excludes halogenated alkanes) is 3. The Bertz CT molecular complexity index is 265. The molecule has 1 unspecified atom stereocenters. The molecule has 17 heavy (non-hydrogen) atoms. The summed E-state index contributed by atoms with van der Waals surface area (Å²) in [4.78, 5) is 0. The summed E-state index contributed by atoms with van der Waals surface area (Å²) in [6.45, 7) is 4.71. The molecule has 1 atom stereocenters. The first kappa shape index (κ1) is 16.9. The third-order valence-electron chi connectivity index (χ3n) is 2.84. The van der Waals surface area contributed by atoms with Crippen LogP contribution in [0.15, 0.2) is 0 Å². The summed E-state index contributed by atoms with van der Waals surface area (Å²) in [7, 11) is -3.39. The first-order chi connectivity index (χ1) is 8.08. The molecule has 0 aromatic heterocycles. The summed E-state index contributed by atoms with van der Waals surface area (Å²) in [5.74, 6) is 0. The van der Waals surface area contributed by atoms with Crippen LogP contribution < -0.4 is 5.73 Å². The monoisotopic (exact) mass is 265 g/mol. The predicted octanol–water partition coefficient (Wildman–Crippen LogP) is 2.43. The zero-order chi connectivity index (χ0) is 13.1. The van der Waals surface area contributed by atoms with Gasteiger partial charge < -0.3 is 5.73 Å². The molecule has 0 aromatic rings. The van der Waals surface area contributed by atoms with Gasteiger partial charge >= 0.3 is 0 Å². The largest absolute Gasteiger partial charge is 0.330 e. The van der Waals surface area contributed by atoms with Crippen molar-refractivity contribution in [2.45, 2.75) is 64.0 Å². The van der Waals surface area contributed by atoms with Crippen LogP contribution >= 0.6 is 0 Å². The molecule has 2 N–H and O–H groups in total. The summed E-state index contributed by atoms with van der Waals surface area (Å²) in [6.07, 6.45) is 6.32. The van der Waals surface area contributed by atoms with E-state index in [0.29, 0.717) is 25.8 Å². The normalized spacial score (nSPS) is 13.8. The van der Waals surface area contributed by atoms with Gasteiger partial charge in [0.2, 0.25) is 0 Å². The van der Waals surface area contributed by atoms with Gasteiger partial charge in [0.25, 0.3) is 10.1 Å². The van der Waals surface area contributed by atoms with Crippen molar-refractivity contribution in [2.75, 3.05) is 13.2 Å². The zero-order valence-corrected chi connectivity index (χ0v) is 12.0. The van der Waals surface area contributed by atoms with Crippen molar-refractivity contribution in [1.82, 2.24) is 0 Å². The molecule has 0 aliphatic heterocycles. The lowest BCUT2D eigenvalue weighted by molar-refractivity contribution is 0.305. The van der Waals surface area contributed by atoms with E-state index in [9.17, 15) is 8.42 Å². The average molecular weight is 265 g/mol. The number of nitrogens with two attached hydrogens (primary N) is 1. The fourth-order valence-electron chi connectivity index (χ4n) is 1.71. The smallest absolute Gasteiger partial charge is 0.270 e. The summed E-state index contributed by atoms with van der Waals surface area (Å²) in [6, 6.07) is 0. The molecule has 5 heteroatoms. The van der Waals surface area contributed by atoms with E-state index >= 15 is 0 Å². The van der Waals surface area contributed by atoms with Crippen molar-refractivity contribution in [3.05, 3.63) is 0 Å². The van der Waals surface area contributed by atoms with Gasteiger partial charge in [0.05, 0.1) is 11.9 Å². The molecule has 0 radical (unpaired) electrons. The maximum Gasteiger partial charge on any atom is 0.270 e. The molecule has 0 spiro atoms. The lowest BCUT2D eigenvalue weighted by Gasteiger charge is -2.15. The van der Waals surface area contributed by atoms with Crippen LogP contribution in [0.2, 0.25) is 0 Å². The number of hydrogen-bond acceptors (Lipinski definition) is 4. The molecule has 0 saturated carbocycles. The van der Waals surface area contributed by atoms with Crippen molar-refractivity contribution in [3.63, 3.8) is 0 Å². The van der Waals surface area contributed by atoms with Crippen molar-refractivity contribution >= 4 is 10.1 Å². The highest BCUT2D eigenvalue weighted by atomic mass is 32.2. The first-order valence-electron chi connectivity index (χ1n) is 6.66. The highest BCUT2D eigenvalue weighted by Crippen LogP contribution is 2.17. The molecule has 0 aliphatic carbocycles. The van der Waals surface area contributed by atoms with Gasteiger partial charge in [0, 0.05) is 0 Å². The number of hydrogen-bond donors (Lipinski definition) is 1. The minimum absolute atomic E-state index is 0.213. The maximum atomic E-state index is 11.8. The summed E-state index contributed by atoms with van der Waals surface area (Å²) >= 11 is 0. The van der Waals surface area contributed by atoms with Crippen LogP contribution in [0.3, 0.4) is 0 Å². The molecular weight excluding hydrogens is 238 g/mol. The lowest BCUT2D eigenvalue weighted by atomic mass is 10.1. The molecule has 104 valence electrons. The van der Waals surface area contributed by atoms with Crippen LogP contribution in [0.25, 0.3) is 0 Å². The van der Waals surface area contributed by atoms with Crippen molar-refractivity contribution in [2.24, 2.45) is 5.73 Å². The Morgan fingerprint density at radius 1 is 1.12 bits per heavy atom. The Balaban J connectivity index is 4.04. The standard InChI is InChI=1S/C12H27NO3S/c1-3-5-6-7-9-12(4-2)17(14,15)16-11-8-10-13/h12H,3-11,13H2,1-2H3. The summed E-state index contributed by atoms with van der Waals surface area (Å²) < 4.78 is 28.6. The molecule has 0 fully saturated rings. The van der Waals surface area contributed by atoms with E-state index in [0.717, 1.165) is 19.3 Å². The lowest BCUT2D eigenvalue weighted by Crippen LogP contribution is -2.24. The fraction of sp³-hybridized carbons (Fsp3) is 1.00. The van der Waals surface area contributed by atoms with Crippen molar-refractivity contribution < 1.29 is 12.6 Å². The third-order valence-corrected chi connectivity index (χ3v) is 4.72. The second kappa shape index (κ2) is 9.85. The number of rotatable bonds is 11. The second-order valence-electron chi connectivity index (χ2n) is 4.34. The van der Waals surface area contributed by atoms with Gasteiger partial charge in [-0.2, -0.15) is 8.42 Å². The molecule has 4 nitrogen and oxygen atoms in total. The van der Waals surface area contributed by atoms with Crippen LogP contribution in [-0.4, -0.2) is 26.8 Å². The third kappa shape index (κ3) is 7.73. The van der Waals surface area contributed by atoms with Crippen LogP contribution in [0.1, 0.15) is 58.8 Å². The summed E-state index contributed by atoms with van der Waals surface area (Å²) in [5.41, 5.74) is 5.31. The minimum atomic E-state index is -3.39. The van der Waals surface area contributed by atoms with Crippen molar-refractivity contribution in [3.8, 4) is 0 Å². The molecule has 0 bridgehead atoms. The molecule has 0 aliphatic rings. The molecule has 0 aromatic carbocycles. The summed E-state index contributed by atoms with van der Waals surface area (Å²) in [5, 5.41) is -0.350. The van der Waals surface area contributed by atoms with Gasteiger partial charge in [-0.3, -0.25) is 4.18 Å². The average Bonchev–Trinajstić information content (AvgIpc) is 2.29. The maximum absolute atomic E-state index is 11.8. The Hall–Kier alpha value is -0.130. The topological polar surface area (TPSA) is 69.4 Å². The molecule has 0 saturated heterocycles. The Morgan fingerprint density at radius 2 is 1.82 bits per heavy atom. The van der Waals surface area contributed by atoms with Gasteiger partial charge in [-0.15, -0.1) is 0 Å². The van der Waals surface area contributed by atoms with Gasteiger partial charge in [-0.05, 0) is 25.8 Å². The van der Waals surface area contributed by atoms with Crippen LogP contribution in [0.5, 0.6) is 0 Å². The Morgan fingerprint density at radius 3 is 2.35 bits per heavy atom. The first-order valence-corrected chi connectivity index (χ1v) is 8.13. The van der Waals surface area contributed by atoms with Gasteiger partial charge in [-0.25, -0.2) is 0 Å². The minimum Gasteiger partial charge on any atom is -0.330 e. The molecular formula is C12H27NO3S. The van der Waals surface area contributed by atoms with E-state index < -0.39 is 10.1 Å². The van der Waals surface area contributed by atoms with Crippen LogP contribution in [0.4, 0.5) is 0 Å². The SMILES string of the molecule is CCCCCCC(CC)S(=O)(=O)OCCCN. The highest BCUT2D eigenvalue weighted by molar-refractivity contribution is 7.87. The molecule has 0 heterocycles. The van der Waals surface area contributed by atoms with E-state index in [1.54, 1.807) is 0 Å².